The van der Waals surface area contributed by atoms with Crippen molar-refractivity contribution in [1.29, 1.82) is 0 Å². The van der Waals surface area contributed by atoms with Gasteiger partial charge in [0.1, 0.15) is 0 Å². The third-order valence-electron chi connectivity index (χ3n) is 1.65. The first-order chi connectivity index (χ1) is 4.72. The molecule has 0 aliphatic carbocycles. The Labute approximate surface area is 59.1 Å². The van der Waals surface area contributed by atoms with Crippen LogP contribution >= 0.6 is 0 Å². The number of allylic oxidation sites excluding steroid dienone is 2. The maximum atomic E-state index is 10.2. The molecule has 0 amide bonds. The van der Waals surface area contributed by atoms with Gasteiger partial charge < -0.3 is 5.32 Å². The minimum Gasteiger partial charge on any atom is -0.383 e. The molecule has 0 spiro atoms. The van der Waals surface area contributed by atoms with Crippen molar-refractivity contribution in [2.45, 2.75) is 19.8 Å². The predicted octanol–water partition coefficient (Wildman–Crippen LogP) is 0.878. The maximum absolute atomic E-state index is 10.2. The highest BCUT2D eigenvalue weighted by Gasteiger charge is 2.15. The van der Waals surface area contributed by atoms with Gasteiger partial charge >= 0.3 is 0 Å². The van der Waals surface area contributed by atoms with E-state index < -0.39 is 0 Å². The molecule has 0 saturated carbocycles. The van der Waals surface area contributed by atoms with Gasteiger partial charge in [0.05, 0.1) is 10.6 Å². The van der Waals surface area contributed by atoms with Crippen LogP contribution in [0, 0.1) is 10.1 Å². The van der Waals surface area contributed by atoms with Gasteiger partial charge in [0, 0.05) is 13.5 Å². The summed E-state index contributed by atoms with van der Waals surface area (Å²) in [5, 5.41) is 13.2. The van der Waals surface area contributed by atoms with Crippen molar-refractivity contribution >= 4 is 0 Å². The van der Waals surface area contributed by atoms with Crippen LogP contribution in [0.4, 0.5) is 0 Å². The van der Waals surface area contributed by atoms with Crippen molar-refractivity contribution in [1.82, 2.24) is 5.32 Å². The molecule has 4 nitrogen and oxygen atoms in total. The Kier molecular flexibility index (Phi) is 1.89. The molecule has 1 N–H and O–H groups in total. The van der Waals surface area contributed by atoms with Gasteiger partial charge in [0.25, 0.3) is 5.70 Å². The summed E-state index contributed by atoms with van der Waals surface area (Å²) in [4.78, 5) is 9.85. The van der Waals surface area contributed by atoms with Crippen LogP contribution < -0.4 is 5.32 Å². The van der Waals surface area contributed by atoms with Crippen molar-refractivity contribution in [3.05, 3.63) is 21.5 Å². The lowest BCUT2D eigenvalue weighted by atomic mass is 10.3. The Morgan fingerprint density at radius 2 is 2.50 bits per heavy atom. The molecule has 0 unspecified atom stereocenters. The molecule has 1 rings (SSSR count). The standard InChI is InChI=1S/C6H10N2O2/c1-5(8(9)10)6-3-2-4-7-6/h7H,2-4H2,1H3. The van der Waals surface area contributed by atoms with Crippen molar-refractivity contribution in [3.8, 4) is 0 Å². The van der Waals surface area contributed by atoms with Gasteiger partial charge in [-0.1, -0.05) is 0 Å². The van der Waals surface area contributed by atoms with Crippen molar-refractivity contribution in [3.63, 3.8) is 0 Å². The summed E-state index contributed by atoms with van der Waals surface area (Å²) in [6, 6.07) is 0. The first-order valence-electron chi connectivity index (χ1n) is 3.30. The van der Waals surface area contributed by atoms with Crippen LogP contribution in [0.3, 0.4) is 0 Å². The molecular formula is C6H10N2O2. The summed E-state index contributed by atoms with van der Waals surface area (Å²) < 4.78 is 0. The minimum atomic E-state index is -0.340. The molecule has 56 valence electrons. The van der Waals surface area contributed by atoms with Crippen molar-refractivity contribution < 1.29 is 4.92 Å². The Balaban J connectivity index is 2.73. The van der Waals surface area contributed by atoms with Crippen molar-refractivity contribution in [2.24, 2.45) is 0 Å². The van der Waals surface area contributed by atoms with E-state index in [1.165, 1.54) is 6.92 Å². The molecule has 1 aliphatic heterocycles. The van der Waals surface area contributed by atoms with E-state index >= 15 is 0 Å². The van der Waals surface area contributed by atoms with Crippen LogP contribution in [0.5, 0.6) is 0 Å². The number of nitro groups is 1. The lowest BCUT2D eigenvalue weighted by Crippen LogP contribution is -2.09. The third-order valence-corrected chi connectivity index (χ3v) is 1.65. The van der Waals surface area contributed by atoms with Gasteiger partial charge in [-0.25, -0.2) is 0 Å². The molecular weight excluding hydrogens is 132 g/mol. The number of hydrogen-bond donors (Lipinski definition) is 1. The number of nitrogens with zero attached hydrogens (tertiary/aromatic N) is 1. The molecule has 1 aliphatic rings. The summed E-state index contributed by atoms with van der Waals surface area (Å²) in [7, 11) is 0. The fraction of sp³-hybridized carbons (Fsp3) is 0.667. The topological polar surface area (TPSA) is 55.2 Å². The zero-order chi connectivity index (χ0) is 7.56. The fourth-order valence-electron chi connectivity index (χ4n) is 1.01. The lowest BCUT2D eigenvalue weighted by Gasteiger charge is -1.96. The molecule has 10 heavy (non-hydrogen) atoms. The number of nitrogens with one attached hydrogen (secondary N) is 1. The summed E-state index contributed by atoms with van der Waals surface area (Å²) >= 11 is 0. The SMILES string of the molecule is CC(=C1CCCN1)[N+](=O)[O-]. The van der Waals surface area contributed by atoms with E-state index in [4.69, 9.17) is 0 Å². The van der Waals surface area contributed by atoms with E-state index in [0.29, 0.717) is 0 Å². The predicted molar refractivity (Wildman–Crippen MR) is 36.9 cm³/mol. The Morgan fingerprint density at radius 3 is 2.90 bits per heavy atom. The quantitative estimate of drug-likeness (QED) is 0.436. The monoisotopic (exact) mass is 142 g/mol. The van der Waals surface area contributed by atoms with E-state index in [0.717, 1.165) is 25.1 Å². The Morgan fingerprint density at radius 1 is 1.80 bits per heavy atom. The zero-order valence-corrected chi connectivity index (χ0v) is 5.89. The normalized spacial score (nSPS) is 22.1. The van der Waals surface area contributed by atoms with E-state index in [-0.39, 0.29) is 10.6 Å². The van der Waals surface area contributed by atoms with Gasteiger partial charge in [-0.15, -0.1) is 0 Å². The summed E-state index contributed by atoms with van der Waals surface area (Å²) in [6.45, 7) is 2.41. The van der Waals surface area contributed by atoms with E-state index in [1.807, 2.05) is 0 Å². The maximum Gasteiger partial charge on any atom is 0.261 e. The number of rotatable bonds is 1. The highest BCUT2D eigenvalue weighted by Crippen LogP contribution is 2.13. The van der Waals surface area contributed by atoms with Gasteiger partial charge in [-0.3, -0.25) is 10.1 Å². The first-order valence-corrected chi connectivity index (χ1v) is 3.30. The fourth-order valence-corrected chi connectivity index (χ4v) is 1.01. The first kappa shape index (κ1) is 7.05. The van der Waals surface area contributed by atoms with Gasteiger partial charge in [-0.05, 0) is 12.8 Å². The van der Waals surface area contributed by atoms with Crippen LogP contribution in [0.1, 0.15) is 19.8 Å². The summed E-state index contributed by atoms with van der Waals surface area (Å²) in [5.74, 6) is 0. The smallest absolute Gasteiger partial charge is 0.261 e. The van der Waals surface area contributed by atoms with Crippen LogP contribution in [-0.4, -0.2) is 11.5 Å². The molecule has 1 saturated heterocycles. The average molecular weight is 142 g/mol. The second kappa shape index (κ2) is 2.68. The molecule has 0 aromatic rings. The van der Waals surface area contributed by atoms with E-state index in [9.17, 15) is 10.1 Å². The third kappa shape index (κ3) is 1.26. The zero-order valence-electron chi connectivity index (χ0n) is 5.89. The van der Waals surface area contributed by atoms with E-state index in [2.05, 4.69) is 5.32 Å². The highest BCUT2D eigenvalue weighted by atomic mass is 16.6. The van der Waals surface area contributed by atoms with Crippen LogP contribution in [0.2, 0.25) is 0 Å². The molecule has 1 fully saturated rings. The van der Waals surface area contributed by atoms with Gasteiger partial charge in [-0.2, -0.15) is 0 Å². The van der Waals surface area contributed by atoms with Gasteiger partial charge in [0.2, 0.25) is 0 Å². The molecule has 0 bridgehead atoms. The second-order valence-electron chi connectivity index (χ2n) is 2.35. The highest BCUT2D eigenvalue weighted by molar-refractivity contribution is 5.06. The van der Waals surface area contributed by atoms with E-state index in [1.54, 1.807) is 0 Å². The Bertz CT molecular complexity index is 178. The number of hydrogen-bond acceptors (Lipinski definition) is 3. The van der Waals surface area contributed by atoms with Crippen molar-refractivity contribution in [2.75, 3.05) is 6.54 Å². The molecule has 0 atom stereocenters. The Hall–Kier alpha value is -1.06. The molecule has 0 aromatic heterocycles. The average Bonchev–Trinajstić information content (AvgIpc) is 2.36. The largest absolute Gasteiger partial charge is 0.383 e. The molecule has 0 aromatic carbocycles. The van der Waals surface area contributed by atoms with Crippen LogP contribution in [0.25, 0.3) is 0 Å². The van der Waals surface area contributed by atoms with Gasteiger partial charge in [0.15, 0.2) is 0 Å². The molecule has 1 heterocycles. The van der Waals surface area contributed by atoms with Crippen LogP contribution in [-0.2, 0) is 0 Å². The summed E-state index contributed by atoms with van der Waals surface area (Å²) in [5.41, 5.74) is 1.06. The molecule has 0 radical (unpaired) electrons. The molecule has 4 heteroatoms. The second-order valence-corrected chi connectivity index (χ2v) is 2.35. The summed E-state index contributed by atoms with van der Waals surface area (Å²) in [6.07, 6.45) is 1.84. The van der Waals surface area contributed by atoms with Crippen LogP contribution in [0.15, 0.2) is 11.4 Å². The lowest BCUT2D eigenvalue weighted by molar-refractivity contribution is -0.425. The minimum absolute atomic E-state index is 0.262.